The Balaban J connectivity index is 1.73. The van der Waals surface area contributed by atoms with Crippen molar-refractivity contribution in [2.75, 3.05) is 36.1 Å². The first kappa shape index (κ1) is 27.1. The number of rotatable bonds is 8. The number of benzene rings is 1. The highest BCUT2D eigenvalue weighted by molar-refractivity contribution is 7.92. The van der Waals surface area contributed by atoms with Crippen molar-refractivity contribution in [2.45, 2.75) is 11.1 Å². The zero-order chi connectivity index (χ0) is 27.7. The molecule has 0 saturated heterocycles. The molecule has 0 fully saturated rings. The van der Waals surface area contributed by atoms with Crippen molar-refractivity contribution in [3.8, 4) is 17.0 Å². The van der Waals surface area contributed by atoms with Gasteiger partial charge in [0.05, 0.1) is 17.8 Å². The first-order valence-corrected chi connectivity index (χ1v) is 12.5. The second-order valence-electron chi connectivity index (χ2n) is 7.64. The zero-order valence-corrected chi connectivity index (χ0v) is 21.1. The van der Waals surface area contributed by atoms with Crippen LogP contribution in [0, 0.1) is 5.82 Å². The zero-order valence-electron chi connectivity index (χ0n) is 19.6. The molecular weight excluding hydrogens is 554 g/mol. The maximum absolute atomic E-state index is 15.7. The molecule has 0 aliphatic rings. The molecule has 0 unspecified atom stereocenters. The second kappa shape index (κ2) is 10.4. The molecule has 0 aliphatic carbocycles. The summed E-state index contributed by atoms with van der Waals surface area (Å²) >= 11 is 5.89. The molecule has 16 heteroatoms. The standard InChI is InChI=1S/C22H18ClF4N7O3S/c1-28-19-14(6-11-8-30-21(33-18(11)32-19)31-10-22(25,26)27)13-4-3-5-15(17(13)24)34-38(35,36)16-7-12(23)9-29-20(16)37-2/h3-9,34H,10H2,1-2H3,(H2,28,30,31,32,33). The third-order valence-electron chi connectivity index (χ3n) is 5.05. The summed E-state index contributed by atoms with van der Waals surface area (Å²) in [4.78, 5) is 15.5. The molecule has 1 aromatic carbocycles. The van der Waals surface area contributed by atoms with Crippen LogP contribution in [0.3, 0.4) is 0 Å². The summed E-state index contributed by atoms with van der Waals surface area (Å²) in [5, 5.41) is 5.19. The average molecular weight is 572 g/mol. The van der Waals surface area contributed by atoms with Gasteiger partial charge >= 0.3 is 6.18 Å². The van der Waals surface area contributed by atoms with Crippen molar-refractivity contribution in [1.82, 2.24) is 19.9 Å². The lowest BCUT2D eigenvalue weighted by molar-refractivity contribution is -0.115. The van der Waals surface area contributed by atoms with Gasteiger partial charge in [0.25, 0.3) is 10.0 Å². The van der Waals surface area contributed by atoms with Gasteiger partial charge in [0, 0.05) is 36.0 Å². The van der Waals surface area contributed by atoms with E-state index in [1.165, 1.54) is 50.8 Å². The van der Waals surface area contributed by atoms with Gasteiger partial charge in [-0.15, -0.1) is 0 Å². The van der Waals surface area contributed by atoms with E-state index in [4.69, 9.17) is 16.3 Å². The third kappa shape index (κ3) is 5.78. The lowest BCUT2D eigenvalue weighted by Crippen LogP contribution is -2.22. The van der Waals surface area contributed by atoms with Crippen LogP contribution in [0.25, 0.3) is 22.2 Å². The van der Waals surface area contributed by atoms with Crippen LogP contribution < -0.4 is 20.1 Å². The highest BCUT2D eigenvalue weighted by Crippen LogP contribution is 2.35. The summed E-state index contributed by atoms with van der Waals surface area (Å²) in [5.41, 5.74) is -0.134. The quantitative estimate of drug-likeness (QED) is 0.257. The first-order chi connectivity index (χ1) is 17.9. The number of methoxy groups -OCH3 is 1. The molecule has 0 amide bonds. The van der Waals surface area contributed by atoms with Crippen molar-refractivity contribution >= 4 is 50.1 Å². The summed E-state index contributed by atoms with van der Waals surface area (Å²) in [6, 6.07) is 6.63. The van der Waals surface area contributed by atoms with E-state index in [1.807, 2.05) is 0 Å². The lowest BCUT2D eigenvalue weighted by Gasteiger charge is -2.15. The summed E-state index contributed by atoms with van der Waals surface area (Å²) in [6.07, 6.45) is -2.03. The van der Waals surface area contributed by atoms with E-state index >= 15 is 4.39 Å². The van der Waals surface area contributed by atoms with E-state index in [9.17, 15) is 21.6 Å². The van der Waals surface area contributed by atoms with Crippen molar-refractivity contribution < 1.29 is 30.7 Å². The SMILES string of the molecule is CNc1nc2nc(NCC(F)(F)F)ncc2cc1-c1cccc(NS(=O)(=O)c2cc(Cl)cnc2OC)c1F. The molecule has 0 spiro atoms. The average Bonchev–Trinajstić information content (AvgIpc) is 2.87. The lowest BCUT2D eigenvalue weighted by atomic mass is 10.0. The van der Waals surface area contributed by atoms with Crippen molar-refractivity contribution in [3.63, 3.8) is 0 Å². The van der Waals surface area contributed by atoms with E-state index < -0.39 is 33.5 Å². The fraction of sp³-hybridized carbons (Fsp3) is 0.182. The normalized spacial score (nSPS) is 11.9. The van der Waals surface area contributed by atoms with Gasteiger partial charge in [-0.1, -0.05) is 23.7 Å². The Morgan fingerprint density at radius 3 is 2.53 bits per heavy atom. The van der Waals surface area contributed by atoms with E-state index in [0.717, 1.165) is 6.07 Å². The number of sulfonamides is 1. The minimum atomic E-state index is -4.47. The summed E-state index contributed by atoms with van der Waals surface area (Å²) in [7, 11) is -1.64. The van der Waals surface area contributed by atoms with Crippen LogP contribution >= 0.6 is 11.6 Å². The van der Waals surface area contributed by atoms with Gasteiger partial charge in [0.2, 0.25) is 11.8 Å². The minimum absolute atomic E-state index is 0.0280. The number of hydrogen-bond acceptors (Lipinski definition) is 9. The number of pyridine rings is 2. The van der Waals surface area contributed by atoms with Crippen LogP contribution in [0.4, 0.5) is 35.0 Å². The Morgan fingerprint density at radius 1 is 1.08 bits per heavy atom. The van der Waals surface area contributed by atoms with Gasteiger partial charge < -0.3 is 15.4 Å². The van der Waals surface area contributed by atoms with Crippen LogP contribution in [0.15, 0.2) is 47.6 Å². The Morgan fingerprint density at radius 2 is 1.84 bits per heavy atom. The fourth-order valence-electron chi connectivity index (χ4n) is 3.40. The molecular formula is C22H18ClF4N7O3S. The summed E-state index contributed by atoms with van der Waals surface area (Å²) in [6.45, 7) is -1.33. The molecule has 0 aliphatic heterocycles. The van der Waals surface area contributed by atoms with Gasteiger partial charge in [-0.3, -0.25) is 4.72 Å². The number of fused-ring (bicyclic) bond motifs is 1. The van der Waals surface area contributed by atoms with Gasteiger partial charge in [-0.2, -0.15) is 18.2 Å². The number of hydrogen-bond donors (Lipinski definition) is 3. The minimum Gasteiger partial charge on any atom is -0.480 e. The molecule has 0 bridgehead atoms. The predicted octanol–water partition coefficient (Wildman–Crippen LogP) is 4.70. The van der Waals surface area contributed by atoms with Gasteiger partial charge in [-0.05, 0) is 18.2 Å². The Labute approximate surface area is 218 Å². The van der Waals surface area contributed by atoms with E-state index in [2.05, 4.69) is 35.3 Å². The number of alkyl halides is 3. The fourth-order valence-corrected chi connectivity index (χ4v) is 4.82. The van der Waals surface area contributed by atoms with Crippen molar-refractivity contribution in [1.29, 1.82) is 0 Å². The maximum atomic E-state index is 15.7. The predicted molar refractivity (Wildman–Crippen MR) is 133 cm³/mol. The molecule has 3 heterocycles. The second-order valence-corrected chi connectivity index (χ2v) is 9.73. The Kier molecular flexibility index (Phi) is 7.42. The van der Waals surface area contributed by atoms with Crippen LogP contribution in [-0.2, 0) is 10.0 Å². The van der Waals surface area contributed by atoms with Crippen LogP contribution in [0.5, 0.6) is 5.88 Å². The largest absolute Gasteiger partial charge is 0.480 e. The van der Waals surface area contributed by atoms with Crippen molar-refractivity contribution in [2.24, 2.45) is 0 Å². The van der Waals surface area contributed by atoms with E-state index in [1.54, 1.807) is 0 Å². The highest BCUT2D eigenvalue weighted by Gasteiger charge is 2.27. The number of ether oxygens (including phenoxy) is 1. The van der Waals surface area contributed by atoms with Crippen LogP contribution in [0.2, 0.25) is 5.02 Å². The Hall–Kier alpha value is -3.98. The smallest absolute Gasteiger partial charge is 0.405 e. The molecule has 38 heavy (non-hydrogen) atoms. The van der Waals surface area contributed by atoms with E-state index in [-0.39, 0.29) is 45.1 Å². The van der Waals surface area contributed by atoms with Crippen LogP contribution in [-0.4, -0.2) is 55.2 Å². The number of nitrogens with zero attached hydrogens (tertiary/aromatic N) is 4. The van der Waals surface area contributed by atoms with E-state index in [0.29, 0.717) is 5.39 Å². The summed E-state index contributed by atoms with van der Waals surface area (Å²) in [5.74, 6) is -1.31. The third-order valence-corrected chi connectivity index (χ3v) is 6.62. The molecule has 0 radical (unpaired) electrons. The maximum Gasteiger partial charge on any atom is 0.405 e. The Bertz CT molecular complexity index is 1620. The van der Waals surface area contributed by atoms with Gasteiger partial charge in [0.1, 0.15) is 12.4 Å². The molecule has 10 nitrogen and oxygen atoms in total. The molecule has 0 atom stereocenters. The molecule has 3 aromatic heterocycles. The monoisotopic (exact) mass is 571 g/mol. The molecule has 0 saturated carbocycles. The molecule has 200 valence electrons. The number of aromatic nitrogens is 4. The van der Waals surface area contributed by atoms with Gasteiger partial charge in [0.15, 0.2) is 16.4 Å². The highest BCUT2D eigenvalue weighted by atomic mass is 35.5. The number of halogens is 5. The summed E-state index contributed by atoms with van der Waals surface area (Å²) < 4.78 is 86.3. The topological polar surface area (TPSA) is 131 Å². The molecule has 3 N–H and O–H groups in total. The molecule has 4 aromatic rings. The van der Waals surface area contributed by atoms with Crippen LogP contribution in [0.1, 0.15) is 0 Å². The van der Waals surface area contributed by atoms with Gasteiger partial charge in [-0.25, -0.2) is 27.8 Å². The number of nitrogens with one attached hydrogen (secondary N) is 3. The van der Waals surface area contributed by atoms with Crippen molar-refractivity contribution in [3.05, 3.63) is 53.6 Å². The first-order valence-electron chi connectivity index (χ1n) is 10.6. The number of anilines is 3. The molecule has 4 rings (SSSR count).